The number of nitrogen functional groups attached to an aromatic ring is 2. The number of ketones is 1. The predicted octanol–water partition coefficient (Wildman–Crippen LogP) is 1.80. The normalized spacial score (nSPS) is 13.7. The third kappa shape index (κ3) is 2.00. The second-order valence-electron chi connectivity index (χ2n) is 5.07. The number of aromatic amines is 1. The van der Waals surface area contributed by atoms with Crippen LogP contribution in [-0.4, -0.2) is 25.7 Å². The number of nitrogens with zero attached hydrogens (tertiary/aromatic N) is 3. The summed E-state index contributed by atoms with van der Waals surface area (Å²) in [5.74, 6) is 0.516. The second-order valence-corrected chi connectivity index (χ2v) is 6.10. The number of nitrogens with two attached hydrogens (primary N) is 2. The lowest BCUT2D eigenvalue weighted by atomic mass is 10.1. The Bertz CT molecular complexity index is 919. The van der Waals surface area contributed by atoms with Crippen LogP contribution in [0.5, 0.6) is 0 Å². The van der Waals surface area contributed by atoms with Gasteiger partial charge in [0.05, 0.1) is 0 Å². The van der Waals surface area contributed by atoms with Crippen LogP contribution in [0.4, 0.5) is 11.5 Å². The number of benzene rings is 1. The van der Waals surface area contributed by atoms with E-state index < -0.39 is 0 Å². The van der Waals surface area contributed by atoms with Gasteiger partial charge >= 0.3 is 0 Å². The van der Waals surface area contributed by atoms with Crippen molar-refractivity contribution in [1.82, 2.24) is 19.9 Å². The summed E-state index contributed by atoms with van der Waals surface area (Å²) in [5.41, 5.74) is 15.3. The van der Waals surface area contributed by atoms with E-state index >= 15 is 0 Å². The van der Waals surface area contributed by atoms with Crippen LogP contribution in [0.2, 0.25) is 0 Å². The van der Waals surface area contributed by atoms with Crippen molar-refractivity contribution >= 4 is 40.2 Å². The molecule has 4 rings (SSSR count). The topological polar surface area (TPSA) is 124 Å². The van der Waals surface area contributed by atoms with E-state index in [9.17, 15) is 4.79 Å². The number of anilines is 2. The molecule has 110 valence electrons. The first kappa shape index (κ1) is 13.1. The van der Waals surface area contributed by atoms with Crippen LogP contribution in [0.1, 0.15) is 22.3 Å². The lowest BCUT2D eigenvalue weighted by Crippen LogP contribution is -1.96. The number of aromatic nitrogens is 4. The van der Waals surface area contributed by atoms with Gasteiger partial charge in [-0.15, -0.1) is 0 Å². The number of Topliss-reactive ketones (excluding diaryl/α,β-unsaturated/α-hetero) is 1. The Kier molecular flexibility index (Phi) is 2.80. The Morgan fingerprint density at radius 3 is 2.86 bits per heavy atom. The van der Waals surface area contributed by atoms with E-state index in [0.29, 0.717) is 34.2 Å². The van der Waals surface area contributed by atoms with E-state index in [4.69, 9.17) is 11.5 Å². The van der Waals surface area contributed by atoms with Gasteiger partial charge in [-0.3, -0.25) is 4.79 Å². The van der Waals surface area contributed by atoms with Gasteiger partial charge in [-0.2, -0.15) is 0 Å². The van der Waals surface area contributed by atoms with E-state index in [1.165, 1.54) is 18.1 Å². The van der Waals surface area contributed by atoms with Crippen molar-refractivity contribution in [1.29, 1.82) is 0 Å². The van der Waals surface area contributed by atoms with Gasteiger partial charge in [0.1, 0.15) is 11.8 Å². The van der Waals surface area contributed by atoms with Gasteiger partial charge in [0.15, 0.2) is 22.4 Å². The Hall–Kier alpha value is -2.61. The first-order valence-electron chi connectivity index (χ1n) is 6.71. The molecule has 0 unspecified atom stereocenters. The molecule has 5 N–H and O–H groups in total. The molecule has 1 aliphatic rings. The summed E-state index contributed by atoms with van der Waals surface area (Å²) < 4.78 is 0. The van der Waals surface area contributed by atoms with Crippen LogP contribution < -0.4 is 11.5 Å². The fourth-order valence-corrected chi connectivity index (χ4v) is 3.43. The van der Waals surface area contributed by atoms with Crippen LogP contribution in [0.15, 0.2) is 28.5 Å². The molecule has 2 heterocycles. The molecule has 22 heavy (non-hydrogen) atoms. The summed E-state index contributed by atoms with van der Waals surface area (Å²) >= 11 is 1.39. The van der Waals surface area contributed by atoms with Crippen molar-refractivity contribution in [2.45, 2.75) is 22.9 Å². The van der Waals surface area contributed by atoms with Gasteiger partial charge < -0.3 is 16.5 Å². The van der Waals surface area contributed by atoms with Gasteiger partial charge in [0.25, 0.3) is 0 Å². The van der Waals surface area contributed by atoms with E-state index in [1.54, 1.807) is 6.07 Å². The molecule has 0 atom stereocenters. The number of hydrogen-bond donors (Lipinski definition) is 3. The maximum atomic E-state index is 11.7. The summed E-state index contributed by atoms with van der Waals surface area (Å²) in [6.45, 7) is 0. The lowest BCUT2D eigenvalue weighted by Gasteiger charge is -2.06. The highest BCUT2D eigenvalue weighted by Crippen LogP contribution is 2.36. The third-order valence-electron chi connectivity index (χ3n) is 3.66. The summed E-state index contributed by atoms with van der Waals surface area (Å²) in [4.78, 5) is 28.1. The number of aryl methyl sites for hydroxylation is 1. The number of carbonyl (C=O) groups is 1. The molecule has 7 nitrogen and oxygen atoms in total. The number of carbonyl (C=O) groups excluding carboxylic acids is 1. The monoisotopic (exact) mass is 312 g/mol. The maximum Gasteiger partial charge on any atom is 0.183 e. The van der Waals surface area contributed by atoms with Crippen LogP contribution in [0.25, 0.3) is 11.2 Å². The molecule has 0 aliphatic heterocycles. The van der Waals surface area contributed by atoms with Gasteiger partial charge in [-0.05, 0) is 35.9 Å². The van der Waals surface area contributed by atoms with Gasteiger partial charge in [0.2, 0.25) is 0 Å². The van der Waals surface area contributed by atoms with Gasteiger partial charge in [-0.1, -0.05) is 0 Å². The van der Waals surface area contributed by atoms with Crippen molar-refractivity contribution in [3.8, 4) is 0 Å². The van der Waals surface area contributed by atoms with Crippen LogP contribution >= 0.6 is 11.8 Å². The average Bonchev–Trinajstić information content (AvgIpc) is 3.05. The molecular formula is C14H12N6OS. The zero-order valence-corrected chi connectivity index (χ0v) is 12.3. The number of H-pyrrole nitrogens is 1. The number of fused-ring (bicyclic) bond motifs is 2. The van der Waals surface area contributed by atoms with Gasteiger partial charge in [0, 0.05) is 22.6 Å². The minimum atomic E-state index is 0.157. The lowest BCUT2D eigenvalue weighted by molar-refractivity contribution is 0.0994. The molecule has 1 aliphatic carbocycles. The maximum absolute atomic E-state index is 11.7. The Labute approximate surface area is 129 Å². The first-order chi connectivity index (χ1) is 10.6. The van der Waals surface area contributed by atoms with E-state index in [2.05, 4.69) is 19.9 Å². The minimum Gasteiger partial charge on any atom is -0.398 e. The molecule has 3 aromatic rings. The standard InChI is InChI=1S/C14H12N6OS/c15-8-4-7-6(1-2-9(7)21)3-10(8)22-14-19-11-12(16)17-5-18-13(11)20-14/h3-5H,1-2,15H2,(H3,16,17,18,19,20). The average molecular weight is 312 g/mol. The highest BCUT2D eigenvalue weighted by molar-refractivity contribution is 7.99. The molecule has 2 aromatic heterocycles. The smallest absolute Gasteiger partial charge is 0.183 e. The second kappa shape index (κ2) is 4.70. The SMILES string of the molecule is Nc1cc2c(cc1Sc1nc3ncnc(N)c3[nH]1)CCC2=O. The van der Waals surface area contributed by atoms with Crippen LogP contribution in [0.3, 0.4) is 0 Å². The first-order valence-corrected chi connectivity index (χ1v) is 7.53. The zero-order valence-electron chi connectivity index (χ0n) is 11.5. The number of hydrogen-bond acceptors (Lipinski definition) is 7. The third-order valence-corrected chi connectivity index (χ3v) is 4.62. The van der Waals surface area contributed by atoms with Crippen molar-refractivity contribution < 1.29 is 4.79 Å². The summed E-state index contributed by atoms with van der Waals surface area (Å²) in [5, 5.41) is 0.637. The highest BCUT2D eigenvalue weighted by atomic mass is 32.2. The number of imidazole rings is 1. The molecule has 8 heteroatoms. The highest BCUT2D eigenvalue weighted by Gasteiger charge is 2.21. The molecule has 0 bridgehead atoms. The molecule has 0 saturated heterocycles. The molecule has 1 aromatic carbocycles. The quantitative estimate of drug-likeness (QED) is 0.616. The Morgan fingerprint density at radius 1 is 1.18 bits per heavy atom. The summed E-state index contributed by atoms with van der Waals surface area (Å²) in [6, 6.07) is 3.71. The zero-order chi connectivity index (χ0) is 15.3. The van der Waals surface area contributed by atoms with E-state index in [0.717, 1.165) is 22.4 Å². The van der Waals surface area contributed by atoms with Crippen molar-refractivity contribution in [2.75, 3.05) is 11.5 Å². The van der Waals surface area contributed by atoms with E-state index in [-0.39, 0.29) is 5.78 Å². The number of nitrogens with one attached hydrogen (secondary N) is 1. The van der Waals surface area contributed by atoms with Crippen LogP contribution in [-0.2, 0) is 6.42 Å². The van der Waals surface area contributed by atoms with Crippen molar-refractivity contribution in [3.05, 3.63) is 29.6 Å². The van der Waals surface area contributed by atoms with Crippen LogP contribution in [0, 0.1) is 0 Å². The molecule has 0 saturated carbocycles. The minimum absolute atomic E-state index is 0.157. The molecule has 0 spiro atoms. The fraction of sp³-hybridized carbons (Fsp3) is 0.143. The largest absolute Gasteiger partial charge is 0.398 e. The fourth-order valence-electron chi connectivity index (χ4n) is 2.55. The number of rotatable bonds is 2. The molecule has 0 fully saturated rings. The van der Waals surface area contributed by atoms with Gasteiger partial charge in [-0.25, -0.2) is 15.0 Å². The predicted molar refractivity (Wildman–Crippen MR) is 83.7 cm³/mol. The summed E-state index contributed by atoms with van der Waals surface area (Å²) in [7, 11) is 0. The van der Waals surface area contributed by atoms with E-state index in [1.807, 2.05) is 6.07 Å². The molecule has 0 amide bonds. The van der Waals surface area contributed by atoms with Crippen molar-refractivity contribution in [3.63, 3.8) is 0 Å². The Balaban J connectivity index is 1.73. The van der Waals surface area contributed by atoms with Crippen molar-refractivity contribution in [2.24, 2.45) is 0 Å². The Morgan fingerprint density at radius 2 is 2.05 bits per heavy atom. The molecular weight excluding hydrogens is 300 g/mol. The molecule has 0 radical (unpaired) electrons. The summed E-state index contributed by atoms with van der Waals surface area (Å²) in [6.07, 6.45) is 2.70.